The summed E-state index contributed by atoms with van der Waals surface area (Å²) in [7, 11) is -1.68. The Kier molecular flexibility index (Phi) is 5.94. The molecule has 28 heavy (non-hydrogen) atoms. The quantitative estimate of drug-likeness (QED) is 0.661. The Morgan fingerprint density at radius 2 is 1.75 bits per heavy atom. The number of aromatic nitrogens is 2. The van der Waals surface area contributed by atoms with E-state index < -0.39 is 10.0 Å². The molecule has 0 spiro atoms. The van der Waals surface area contributed by atoms with E-state index in [1.54, 1.807) is 30.6 Å². The van der Waals surface area contributed by atoms with E-state index in [0.717, 1.165) is 29.9 Å². The van der Waals surface area contributed by atoms with Crippen LogP contribution >= 0.6 is 0 Å². The van der Waals surface area contributed by atoms with Gasteiger partial charge in [-0.05, 0) is 73.4 Å². The fourth-order valence-electron chi connectivity index (χ4n) is 2.73. The van der Waals surface area contributed by atoms with Gasteiger partial charge in [-0.25, -0.2) is 13.4 Å². The first-order valence-corrected chi connectivity index (χ1v) is 10.5. The van der Waals surface area contributed by atoms with Crippen molar-refractivity contribution in [1.82, 2.24) is 9.97 Å². The summed E-state index contributed by atoms with van der Waals surface area (Å²) >= 11 is 0. The molecule has 0 atom stereocenters. The molecule has 0 amide bonds. The highest BCUT2D eigenvalue weighted by atomic mass is 32.2. The number of likely N-dealkylation sites (N-methyl/N-ethyl adjacent to an activating group) is 1. The summed E-state index contributed by atoms with van der Waals surface area (Å²) in [6.45, 7) is 4.64. The van der Waals surface area contributed by atoms with Gasteiger partial charge in [0.1, 0.15) is 5.82 Å². The van der Waals surface area contributed by atoms with Gasteiger partial charge in [0.05, 0.1) is 16.8 Å². The van der Waals surface area contributed by atoms with Crippen molar-refractivity contribution in [3.63, 3.8) is 0 Å². The SMILES string of the molecule is Cc1ccc(S(=O)(=O)Nc2ccc(N(C)CCc3ccncc3)nc2)cc1C. The second-order valence-electron chi connectivity index (χ2n) is 6.78. The van der Waals surface area contributed by atoms with E-state index in [2.05, 4.69) is 14.7 Å². The minimum Gasteiger partial charge on any atom is -0.359 e. The number of nitrogens with zero attached hydrogens (tertiary/aromatic N) is 3. The Labute approximate surface area is 166 Å². The molecule has 1 aromatic carbocycles. The van der Waals surface area contributed by atoms with Gasteiger partial charge < -0.3 is 4.90 Å². The Bertz CT molecular complexity index is 1040. The molecule has 0 aliphatic heterocycles. The maximum absolute atomic E-state index is 12.6. The lowest BCUT2D eigenvalue weighted by Crippen LogP contribution is -2.21. The lowest BCUT2D eigenvalue weighted by molar-refractivity contribution is 0.601. The number of benzene rings is 1. The topological polar surface area (TPSA) is 75.2 Å². The fraction of sp³-hybridized carbons (Fsp3) is 0.238. The summed E-state index contributed by atoms with van der Waals surface area (Å²) in [6.07, 6.45) is 5.98. The minimum absolute atomic E-state index is 0.245. The lowest BCUT2D eigenvalue weighted by Gasteiger charge is -2.18. The number of rotatable bonds is 7. The number of hydrogen-bond acceptors (Lipinski definition) is 5. The van der Waals surface area contributed by atoms with E-state index in [1.165, 1.54) is 11.8 Å². The molecule has 3 rings (SSSR count). The van der Waals surface area contributed by atoms with Crippen LogP contribution < -0.4 is 9.62 Å². The summed E-state index contributed by atoms with van der Waals surface area (Å²) in [5.41, 5.74) is 3.64. The molecular weight excluding hydrogens is 372 g/mol. The van der Waals surface area contributed by atoms with E-state index in [9.17, 15) is 8.42 Å². The zero-order valence-corrected chi connectivity index (χ0v) is 17.1. The molecule has 3 aromatic rings. The first-order chi connectivity index (χ1) is 13.3. The van der Waals surface area contributed by atoms with Crippen molar-refractivity contribution in [3.05, 3.63) is 77.7 Å². The Morgan fingerprint density at radius 3 is 2.39 bits per heavy atom. The van der Waals surface area contributed by atoms with Crippen molar-refractivity contribution in [1.29, 1.82) is 0 Å². The van der Waals surface area contributed by atoms with Gasteiger partial charge in [-0.15, -0.1) is 0 Å². The monoisotopic (exact) mass is 396 g/mol. The van der Waals surface area contributed by atoms with Crippen molar-refractivity contribution in [2.75, 3.05) is 23.2 Å². The molecule has 1 N–H and O–H groups in total. The van der Waals surface area contributed by atoms with Gasteiger partial charge in [0, 0.05) is 26.0 Å². The predicted molar refractivity (Wildman–Crippen MR) is 112 cm³/mol. The molecule has 0 fully saturated rings. The third-order valence-electron chi connectivity index (χ3n) is 4.67. The zero-order valence-electron chi connectivity index (χ0n) is 16.3. The summed E-state index contributed by atoms with van der Waals surface area (Å²) in [4.78, 5) is 10.7. The van der Waals surface area contributed by atoms with Crippen LogP contribution in [0, 0.1) is 13.8 Å². The van der Waals surface area contributed by atoms with Gasteiger partial charge in [-0.2, -0.15) is 0 Å². The molecule has 0 bridgehead atoms. The average Bonchev–Trinajstić information content (AvgIpc) is 2.69. The number of hydrogen-bond donors (Lipinski definition) is 1. The predicted octanol–water partition coefficient (Wildman–Crippen LogP) is 3.57. The first-order valence-electron chi connectivity index (χ1n) is 9.01. The van der Waals surface area contributed by atoms with Crippen LogP contribution in [0.2, 0.25) is 0 Å². The van der Waals surface area contributed by atoms with E-state index >= 15 is 0 Å². The smallest absolute Gasteiger partial charge is 0.261 e. The largest absolute Gasteiger partial charge is 0.359 e. The van der Waals surface area contributed by atoms with Crippen LogP contribution in [0.5, 0.6) is 0 Å². The normalized spacial score (nSPS) is 11.2. The Hall–Kier alpha value is -2.93. The summed E-state index contributed by atoms with van der Waals surface area (Å²) in [6, 6.07) is 12.6. The van der Waals surface area contributed by atoms with E-state index in [1.807, 2.05) is 50.1 Å². The Morgan fingerprint density at radius 1 is 1.00 bits per heavy atom. The number of nitrogens with one attached hydrogen (secondary N) is 1. The van der Waals surface area contributed by atoms with Gasteiger partial charge in [0.15, 0.2) is 0 Å². The third kappa shape index (κ3) is 4.86. The Balaban J connectivity index is 1.65. The van der Waals surface area contributed by atoms with Crippen molar-refractivity contribution >= 4 is 21.5 Å². The molecule has 6 nitrogen and oxygen atoms in total. The fourth-order valence-corrected chi connectivity index (χ4v) is 3.86. The van der Waals surface area contributed by atoms with E-state index in [4.69, 9.17) is 0 Å². The van der Waals surface area contributed by atoms with Crippen LogP contribution in [0.4, 0.5) is 11.5 Å². The third-order valence-corrected chi connectivity index (χ3v) is 6.04. The molecule has 0 saturated carbocycles. The summed E-state index contributed by atoms with van der Waals surface area (Å²) in [5, 5.41) is 0. The van der Waals surface area contributed by atoms with Crippen LogP contribution in [-0.2, 0) is 16.4 Å². The first kappa shape index (κ1) is 19.8. The molecule has 0 unspecified atom stereocenters. The number of sulfonamides is 1. The standard InChI is InChI=1S/C21H24N4O2S/c1-16-4-6-20(14-17(16)2)28(26,27)24-19-5-7-21(23-15-19)25(3)13-10-18-8-11-22-12-9-18/h4-9,11-12,14-15,24H,10,13H2,1-3H3. The van der Waals surface area contributed by atoms with Gasteiger partial charge >= 0.3 is 0 Å². The van der Waals surface area contributed by atoms with Crippen LogP contribution in [0.15, 0.2) is 66.0 Å². The number of pyridine rings is 2. The average molecular weight is 397 g/mol. The lowest BCUT2D eigenvalue weighted by atomic mass is 10.1. The molecule has 146 valence electrons. The van der Waals surface area contributed by atoms with Crippen molar-refractivity contribution < 1.29 is 8.42 Å². The van der Waals surface area contributed by atoms with Gasteiger partial charge in [0.25, 0.3) is 10.0 Å². The zero-order chi connectivity index (χ0) is 20.1. The van der Waals surface area contributed by atoms with Gasteiger partial charge in [-0.3, -0.25) is 9.71 Å². The summed E-state index contributed by atoms with van der Waals surface area (Å²) < 4.78 is 27.8. The number of anilines is 2. The van der Waals surface area contributed by atoms with Crippen molar-refractivity contribution in [2.24, 2.45) is 0 Å². The number of aryl methyl sites for hydroxylation is 2. The molecule has 0 aliphatic carbocycles. The maximum atomic E-state index is 12.6. The molecule has 0 aliphatic rings. The van der Waals surface area contributed by atoms with Crippen LogP contribution in [0.1, 0.15) is 16.7 Å². The second-order valence-corrected chi connectivity index (χ2v) is 8.47. The molecule has 2 heterocycles. The molecule has 0 saturated heterocycles. The van der Waals surface area contributed by atoms with Crippen LogP contribution in [0.3, 0.4) is 0 Å². The summed E-state index contributed by atoms with van der Waals surface area (Å²) in [5.74, 6) is 0.781. The van der Waals surface area contributed by atoms with E-state index in [0.29, 0.717) is 5.69 Å². The molecule has 7 heteroatoms. The van der Waals surface area contributed by atoms with E-state index in [-0.39, 0.29) is 4.90 Å². The van der Waals surface area contributed by atoms with Gasteiger partial charge in [0.2, 0.25) is 0 Å². The molecule has 0 radical (unpaired) electrons. The molecular formula is C21H24N4O2S. The van der Waals surface area contributed by atoms with Crippen LogP contribution in [0.25, 0.3) is 0 Å². The highest BCUT2D eigenvalue weighted by Crippen LogP contribution is 2.20. The highest BCUT2D eigenvalue weighted by molar-refractivity contribution is 7.92. The maximum Gasteiger partial charge on any atom is 0.261 e. The van der Waals surface area contributed by atoms with Gasteiger partial charge in [-0.1, -0.05) is 6.07 Å². The second kappa shape index (κ2) is 8.39. The van der Waals surface area contributed by atoms with Crippen molar-refractivity contribution in [3.8, 4) is 0 Å². The highest BCUT2D eigenvalue weighted by Gasteiger charge is 2.15. The molecule has 2 aromatic heterocycles. The van der Waals surface area contributed by atoms with Crippen molar-refractivity contribution in [2.45, 2.75) is 25.2 Å². The van der Waals surface area contributed by atoms with Crippen LogP contribution in [-0.4, -0.2) is 32.0 Å². The minimum atomic E-state index is -3.64.